The van der Waals surface area contributed by atoms with Crippen molar-refractivity contribution in [3.8, 4) is 0 Å². The SMILES string of the molecule is CNC(COC(C)C)Cc1ncnn1C(C)C. The molecule has 0 amide bonds. The normalized spacial score (nSPS) is 13.6. The Bertz CT molecular complexity index is 322. The monoisotopic (exact) mass is 240 g/mol. The Morgan fingerprint density at radius 2 is 2.06 bits per heavy atom. The molecule has 0 fully saturated rings. The van der Waals surface area contributed by atoms with Gasteiger partial charge in [-0.05, 0) is 34.7 Å². The fourth-order valence-electron chi connectivity index (χ4n) is 1.62. The van der Waals surface area contributed by atoms with Crippen molar-refractivity contribution >= 4 is 0 Å². The number of likely N-dealkylation sites (N-methyl/N-ethyl adjacent to an activating group) is 1. The lowest BCUT2D eigenvalue weighted by molar-refractivity contribution is 0.0621. The van der Waals surface area contributed by atoms with Crippen molar-refractivity contribution in [2.24, 2.45) is 0 Å². The minimum atomic E-state index is 0.258. The quantitative estimate of drug-likeness (QED) is 0.783. The van der Waals surface area contributed by atoms with E-state index in [0.717, 1.165) is 12.2 Å². The molecule has 0 aliphatic rings. The molecule has 1 N–H and O–H groups in total. The molecule has 0 aliphatic heterocycles. The Labute approximate surface area is 104 Å². The summed E-state index contributed by atoms with van der Waals surface area (Å²) in [6, 6.07) is 0.620. The number of hydrogen-bond acceptors (Lipinski definition) is 4. The number of ether oxygens (including phenoxy) is 1. The van der Waals surface area contributed by atoms with E-state index in [2.05, 4.69) is 29.2 Å². The van der Waals surface area contributed by atoms with Gasteiger partial charge in [-0.1, -0.05) is 0 Å². The highest BCUT2D eigenvalue weighted by Gasteiger charge is 2.14. The van der Waals surface area contributed by atoms with Crippen LogP contribution in [-0.2, 0) is 11.2 Å². The zero-order chi connectivity index (χ0) is 12.8. The summed E-state index contributed by atoms with van der Waals surface area (Å²) in [5.41, 5.74) is 0. The van der Waals surface area contributed by atoms with Gasteiger partial charge in [0, 0.05) is 18.5 Å². The van der Waals surface area contributed by atoms with Gasteiger partial charge in [0.2, 0.25) is 0 Å². The first-order valence-electron chi connectivity index (χ1n) is 6.21. The smallest absolute Gasteiger partial charge is 0.138 e. The summed E-state index contributed by atoms with van der Waals surface area (Å²) in [7, 11) is 1.95. The van der Waals surface area contributed by atoms with Crippen molar-refractivity contribution in [1.82, 2.24) is 20.1 Å². The molecule has 1 rings (SSSR count). The summed E-state index contributed by atoms with van der Waals surface area (Å²) >= 11 is 0. The summed E-state index contributed by atoms with van der Waals surface area (Å²) in [6.45, 7) is 9.00. The average Bonchev–Trinajstić information content (AvgIpc) is 2.71. The van der Waals surface area contributed by atoms with Gasteiger partial charge >= 0.3 is 0 Å². The lowest BCUT2D eigenvalue weighted by Crippen LogP contribution is -2.34. The van der Waals surface area contributed by atoms with Gasteiger partial charge in [0.15, 0.2) is 0 Å². The predicted molar refractivity (Wildman–Crippen MR) is 68.0 cm³/mol. The van der Waals surface area contributed by atoms with E-state index in [9.17, 15) is 0 Å². The maximum absolute atomic E-state index is 5.62. The summed E-state index contributed by atoms with van der Waals surface area (Å²) in [5.74, 6) is 1.01. The van der Waals surface area contributed by atoms with Gasteiger partial charge in [-0.3, -0.25) is 0 Å². The van der Waals surface area contributed by atoms with Crippen LogP contribution in [-0.4, -0.2) is 40.6 Å². The van der Waals surface area contributed by atoms with Crippen LogP contribution in [0.4, 0.5) is 0 Å². The number of aromatic nitrogens is 3. The highest BCUT2D eigenvalue weighted by atomic mass is 16.5. The zero-order valence-corrected chi connectivity index (χ0v) is 11.5. The molecule has 1 aromatic heterocycles. The van der Waals surface area contributed by atoms with Crippen LogP contribution in [0.5, 0.6) is 0 Å². The minimum Gasteiger partial charge on any atom is -0.377 e. The van der Waals surface area contributed by atoms with Gasteiger partial charge in [0.25, 0.3) is 0 Å². The topological polar surface area (TPSA) is 52.0 Å². The van der Waals surface area contributed by atoms with E-state index in [1.165, 1.54) is 0 Å². The molecule has 0 aliphatic carbocycles. The summed E-state index contributed by atoms with van der Waals surface area (Å²) < 4.78 is 7.58. The molecule has 1 unspecified atom stereocenters. The molecule has 1 atom stereocenters. The number of nitrogens with one attached hydrogen (secondary N) is 1. The maximum Gasteiger partial charge on any atom is 0.138 e. The second-order valence-corrected chi connectivity index (χ2v) is 4.79. The first kappa shape index (κ1) is 14.1. The van der Waals surface area contributed by atoms with E-state index in [0.29, 0.717) is 12.6 Å². The third kappa shape index (κ3) is 4.44. The van der Waals surface area contributed by atoms with E-state index >= 15 is 0 Å². The Morgan fingerprint density at radius 3 is 2.59 bits per heavy atom. The molecule has 17 heavy (non-hydrogen) atoms. The van der Waals surface area contributed by atoms with E-state index in [-0.39, 0.29) is 12.1 Å². The number of hydrogen-bond donors (Lipinski definition) is 1. The van der Waals surface area contributed by atoms with Gasteiger partial charge in [-0.15, -0.1) is 0 Å². The molecule has 0 bridgehead atoms. The van der Waals surface area contributed by atoms with Crippen molar-refractivity contribution < 1.29 is 4.74 Å². The predicted octanol–water partition coefficient (Wildman–Crippen LogP) is 1.41. The van der Waals surface area contributed by atoms with Crippen LogP contribution in [0, 0.1) is 0 Å². The van der Waals surface area contributed by atoms with Crippen LogP contribution in [0.25, 0.3) is 0 Å². The highest BCUT2D eigenvalue weighted by molar-refractivity contribution is 4.91. The number of rotatable bonds is 7. The summed E-state index contributed by atoms with van der Waals surface area (Å²) in [5, 5.41) is 7.49. The standard InChI is InChI=1S/C12H24N4O/c1-9(2)16-12(14-8-15-16)6-11(13-5)7-17-10(3)4/h8-11,13H,6-7H2,1-5H3. The largest absolute Gasteiger partial charge is 0.377 e. The first-order chi connectivity index (χ1) is 8.04. The molecule has 5 nitrogen and oxygen atoms in total. The van der Waals surface area contributed by atoms with E-state index < -0.39 is 0 Å². The van der Waals surface area contributed by atoms with Crippen LogP contribution in [0.15, 0.2) is 6.33 Å². The molecular weight excluding hydrogens is 216 g/mol. The van der Waals surface area contributed by atoms with Gasteiger partial charge in [-0.2, -0.15) is 5.10 Å². The molecule has 0 radical (unpaired) electrons. The van der Waals surface area contributed by atoms with Gasteiger partial charge in [0.1, 0.15) is 12.2 Å². The van der Waals surface area contributed by atoms with Crippen LogP contribution in [0.1, 0.15) is 39.6 Å². The Balaban J connectivity index is 2.57. The molecule has 98 valence electrons. The first-order valence-corrected chi connectivity index (χ1v) is 6.21. The fourth-order valence-corrected chi connectivity index (χ4v) is 1.62. The van der Waals surface area contributed by atoms with E-state index in [1.54, 1.807) is 6.33 Å². The summed E-state index contributed by atoms with van der Waals surface area (Å²) in [4.78, 5) is 4.31. The average molecular weight is 240 g/mol. The molecule has 0 saturated heterocycles. The Hall–Kier alpha value is -0.940. The van der Waals surface area contributed by atoms with Gasteiger partial charge in [0.05, 0.1) is 12.7 Å². The van der Waals surface area contributed by atoms with E-state index in [1.807, 2.05) is 25.6 Å². The zero-order valence-electron chi connectivity index (χ0n) is 11.5. The van der Waals surface area contributed by atoms with Gasteiger partial charge in [-0.25, -0.2) is 9.67 Å². The second-order valence-electron chi connectivity index (χ2n) is 4.79. The van der Waals surface area contributed by atoms with E-state index in [4.69, 9.17) is 4.74 Å². The molecular formula is C12H24N4O. The van der Waals surface area contributed by atoms with Crippen molar-refractivity contribution in [3.63, 3.8) is 0 Å². The minimum absolute atomic E-state index is 0.258. The molecule has 0 aromatic carbocycles. The maximum atomic E-state index is 5.62. The number of nitrogens with zero attached hydrogens (tertiary/aromatic N) is 3. The van der Waals surface area contributed by atoms with Crippen molar-refractivity contribution in [3.05, 3.63) is 12.2 Å². The molecule has 1 aromatic rings. The van der Waals surface area contributed by atoms with Crippen molar-refractivity contribution in [2.45, 2.75) is 52.3 Å². The van der Waals surface area contributed by atoms with Crippen molar-refractivity contribution in [2.75, 3.05) is 13.7 Å². The third-order valence-corrected chi connectivity index (χ3v) is 2.60. The second kappa shape index (κ2) is 6.71. The van der Waals surface area contributed by atoms with Crippen molar-refractivity contribution in [1.29, 1.82) is 0 Å². The third-order valence-electron chi connectivity index (χ3n) is 2.60. The lowest BCUT2D eigenvalue weighted by atomic mass is 10.2. The van der Waals surface area contributed by atoms with Crippen LogP contribution in [0.2, 0.25) is 0 Å². The molecule has 0 spiro atoms. The molecule has 1 heterocycles. The lowest BCUT2D eigenvalue weighted by Gasteiger charge is -2.18. The van der Waals surface area contributed by atoms with Crippen LogP contribution in [0.3, 0.4) is 0 Å². The van der Waals surface area contributed by atoms with Crippen LogP contribution >= 0.6 is 0 Å². The Kier molecular flexibility index (Phi) is 5.58. The molecule has 0 saturated carbocycles. The fraction of sp³-hybridized carbons (Fsp3) is 0.833. The highest BCUT2D eigenvalue weighted by Crippen LogP contribution is 2.08. The molecule has 5 heteroatoms. The summed E-state index contributed by atoms with van der Waals surface area (Å²) in [6.07, 6.45) is 2.71. The Morgan fingerprint density at radius 1 is 1.35 bits per heavy atom. The van der Waals surface area contributed by atoms with Gasteiger partial charge < -0.3 is 10.1 Å². The van der Waals surface area contributed by atoms with Crippen LogP contribution < -0.4 is 5.32 Å².